The maximum atomic E-state index is 12.2. The van der Waals surface area contributed by atoms with Crippen molar-refractivity contribution in [1.29, 1.82) is 5.26 Å². The molecular formula is C26H24N2O4. The summed E-state index contributed by atoms with van der Waals surface area (Å²) < 4.78 is 5.47. The summed E-state index contributed by atoms with van der Waals surface area (Å²) in [7, 11) is 0. The van der Waals surface area contributed by atoms with Crippen LogP contribution in [0.15, 0.2) is 72.8 Å². The van der Waals surface area contributed by atoms with Crippen LogP contribution in [0.25, 0.3) is 11.1 Å². The number of amides is 1. The van der Waals surface area contributed by atoms with Crippen LogP contribution in [-0.4, -0.2) is 35.6 Å². The monoisotopic (exact) mass is 428 g/mol. The van der Waals surface area contributed by atoms with Crippen LogP contribution in [0, 0.1) is 11.3 Å². The molecule has 2 atom stereocenters. The van der Waals surface area contributed by atoms with Gasteiger partial charge >= 0.3 is 6.09 Å². The number of hydrogen-bond donors (Lipinski definition) is 3. The molecule has 0 spiro atoms. The van der Waals surface area contributed by atoms with Crippen LogP contribution < -0.4 is 5.32 Å². The standard InChI is InChI=1S/C26H24N2O4/c27-15-17-9-11-18(12-10-17)25(30)24(29)13-14-28-26(31)32-16-23-21-7-3-1-5-19(21)20-6-2-4-8-22(20)23/h1-12,23-25,29-30H,13-14,16H2,(H,28,31). The smallest absolute Gasteiger partial charge is 0.407 e. The van der Waals surface area contributed by atoms with Crippen molar-refractivity contribution in [2.24, 2.45) is 0 Å². The predicted molar refractivity (Wildman–Crippen MR) is 120 cm³/mol. The Balaban J connectivity index is 1.27. The van der Waals surface area contributed by atoms with E-state index in [1.165, 1.54) is 0 Å². The number of carbonyl (C=O) groups excluding carboxylic acids is 1. The van der Waals surface area contributed by atoms with Crippen molar-refractivity contribution in [2.75, 3.05) is 13.2 Å². The number of carbonyl (C=O) groups is 1. The lowest BCUT2D eigenvalue weighted by atomic mass is 9.98. The fourth-order valence-electron chi connectivity index (χ4n) is 4.11. The number of hydrogen-bond acceptors (Lipinski definition) is 5. The van der Waals surface area contributed by atoms with E-state index in [-0.39, 0.29) is 25.5 Å². The molecule has 3 N–H and O–H groups in total. The first-order valence-corrected chi connectivity index (χ1v) is 10.5. The number of alkyl carbamates (subject to hydrolysis) is 1. The van der Waals surface area contributed by atoms with E-state index < -0.39 is 18.3 Å². The van der Waals surface area contributed by atoms with Crippen molar-refractivity contribution in [1.82, 2.24) is 5.32 Å². The Hall–Kier alpha value is -3.66. The van der Waals surface area contributed by atoms with Crippen LogP contribution in [0.3, 0.4) is 0 Å². The number of fused-ring (bicyclic) bond motifs is 3. The van der Waals surface area contributed by atoms with E-state index in [1.54, 1.807) is 24.3 Å². The Morgan fingerprint density at radius 2 is 1.56 bits per heavy atom. The maximum absolute atomic E-state index is 12.2. The highest BCUT2D eigenvalue weighted by Crippen LogP contribution is 2.44. The highest BCUT2D eigenvalue weighted by molar-refractivity contribution is 5.79. The Labute approximate surface area is 186 Å². The van der Waals surface area contributed by atoms with Gasteiger partial charge in [-0.1, -0.05) is 60.7 Å². The SMILES string of the molecule is N#Cc1ccc(C(O)C(O)CCNC(=O)OCC2c3ccccc3-c3ccccc32)cc1. The first-order chi connectivity index (χ1) is 15.6. The molecule has 0 aromatic heterocycles. The quantitative estimate of drug-likeness (QED) is 0.530. The minimum atomic E-state index is -1.10. The molecular weight excluding hydrogens is 404 g/mol. The van der Waals surface area contributed by atoms with Crippen LogP contribution in [0.2, 0.25) is 0 Å². The molecule has 0 saturated heterocycles. The number of nitrogens with one attached hydrogen (secondary N) is 1. The van der Waals surface area contributed by atoms with Gasteiger partial charge in [0, 0.05) is 12.5 Å². The van der Waals surface area contributed by atoms with Crippen molar-refractivity contribution in [2.45, 2.75) is 24.5 Å². The van der Waals surface area contributed by atoms with Crippen molar-refractivity contribution in [3.8, 4) is 17.2 Å². The average molecular weight is 428 g/mol. The second kappa shape index (κ2) is 9.65. The van der Waals surface area contributed by atoms with Gasteiger partial charge in [-0.3, -0.25) is 0 Å². The van der Waals surface area contributed by atoms with E-state index in [4.69, 9.17) is 10.00 Å². The van der Waals surface area contributed by atoms with Crippen LogP contribution in [0.1, 0.15) is 40.7 Å². The molecule has 0 saturated carbocycles. The maximum Gasteiger partial charge on any atom is 0.407 e. The van der Waals surface area contributed by atoms with Crippen molar-refractivity contribution in [3.05, 3.63) is 95.1 Å². The van der Waals surface area contributed by atoms with Gasteiger partial charge in [0.1, 0.15) is 12.7 Å². The third-order valence-corrected chi connectivity index (χ3v) is 5.80. The number of nitriles is 1. The van der Waals surface area contributed by atoms with E-state index in [2.05, 4.69) is 29.6 Å². The first-order valence-electron chi connectivity index (χ1n) is 10.5. The molecule has 0 bridgehead atoms. The van der Waals surface area contributed by atoms with E-state index in [0.717, 1.165) is 22.3 Å². The summed E-state index contributed by atoms with van der Waals surface area (Å²) in [5.41, 5.74) is 5.60. The number of benzene rings is 3. The topological polar surface area (TPSA) is 103 Å². The first kappa shape index (κ1) is 21.6. The van der Waals surface area contributed by atoms with E-state index in [1.807, 2.05) is 30.3 Å². The molecule has 6 nitrogen and oxygen atoms in total. The fraction of sp³-hybridized carbons (Fsp3) is 0.231. The summed E-state index contributed by atoms with van der Waals surface area (Å²) >= 11 is 0. The Morgan fingerprint density at radius 3 is 2.16 bits per heavy atom. The normalized spacial score (nSPS) is 14.0. The molecule has 3 aromatic carbocycles. The summed E-state index contributed by atoms with van der Waals surface area (Å²) in [5.74, 6) is -0.0167. The third kappa shape index (κ3) is 4.50. The number of aliphatic hydroxyl groups is 2. The number of ether oxygens (including phenoxy) is 1. The van der Waals surface area contributed by atoms with Gasteiger partial charge in [0.25, 0.3) is 0 Å². The molecule has 1 aliphatic rings. The zero-order valence-electron chi connectivity index (χ0n) is 17.4. The van der Waals surface area contributed by atoms with Crippen molar-refractivity contribution >= 4 is 6.09 Å². The van der Waals surface area contributed by atoms with Gasteiger partial charge in [0.2, 0.25) is 0 Å². The average Bonchev–Trinajstić information content (AvgIpc) is 3.16. The number of nitrogens with zero attached hydrogens (tertiary/aromatic N) is 1. The van der Waals surface area contributed by atoms with Gasteiger partial charge in [-0.2, -0.15) is 5.26 Å². The van der Waals surface area contributed by atoms with Crippen LogP contribution in [0.5, 0.6) is 0 Å². The lowest BCUT2D eigenvalue weighted by Gasteiger charge is -2.19. The molecule has 4 rings (SSSR count). The third-order valence-electron chi connectivity index (χ3n) is 5.80. The van der Waals surface area contributed by atoms with Gasteiger partial charge in [-0.15, -0.1) is 0 Å². The lowest BCUT2D eigenvalue weighted by Crippen LogP contribution is -2.30. The van der Waals surface area contributed by atoms with E-state index in [0.29, 0.717) is 11.1 Å². The molecule has 3 aromatic rings. The Bertz CT molecular complexity index is 1090. The zero-order valence-corrected chi connectivity index (χ0v) is 17.4. The van der Waals surface area contributed by atoms with Gasteiger partial charge in [-0.25, -0.2) is 4.79 Å². The van der Waals surface area contributed by atoms with Crippen LogP contribution in [0.4, 0.5) is 4.79 Å². The highest BCUT2D eigenvalue weighted by Gasteiger charge is 2.29. The summed E-state index contributed by atoms with van der Waals surface area (Å²) in [6.07, 6.45) is -2.57. The minimum Gasteiger partial charge on any atom is -0.449 e. The molecule has 162 valence electrons. The molecule has 0 radical (unpaired) electrons. The molecule has 2 unspecified atom stereocenters. The Morgan fingerprint density at radius 1 is 0.969 bits per heavy atom. The molecule has 0 fully saturated rings. The van der Waals surface area contributed by atoms with Crippen molar-refractivity contribution in [3.63, 3.8) is 0 Å². The predicted octanol–water partition coefficient (Wildman–Crippen LogP) is 3.88. The summed E-state index contributed by atoms with van der Waals surface area (Å²) in [5, 5.41) is 32.0. The summed E-state index contributed by atoms with van der Waals surface area (Å²) in [6.45, 7) is 0.376. The summed E-state index contributed by atoms with van der Waals surface area (Å²) in [6, 6.07) is 24.6. The summed E-state index contributed by atoms with van der Waals surface area (Å²) in [4.78, 5) is 12.2. The minimum absolute atomic E-state index is 0.0167. The zero-order chi connectivity index (χ0) is 22.5. The number of rotatable bonds is 7. The van der Waals surface area contributed by atoms with Crippen LogP contribution in [-0.2, 0) is 4.74 Å². The second-order valence-electron chi connectivity index (χ2n) is 7.79. The molecule has 6 heteroatoms. The molecule has 1 amide bonds. The largest absolute Gasteiger partial charge is 0.449 e. The number of aliphatic hydroxyl groups excluding tert-OH is 2. The van der Waals surface area contributed by atoms with Crippen molar-refractivity contribution < 1.29 is 19.7 Å². The van der Waals surface area contributed by atoms with Gasteiger partial charge in [0.15, 0.2) is 0 Å². The molecule has 1 aliphatic carbocycles. The Kier molecular flexibility index (Phi) is 6.50. The van der Waals surface area contributed by atoms with Gasteiger partial charge in [-0.05, 0) is 46.4 Å². The fourth-order valence-corrected chi connectivity index (χ4v) is 4.11. The van der Waals surface area contributed by atoms with E-state index >= 15 is 0 Å². The second-order valence-corrected chi connectivity index (χ2v) is 7.79. The molecule has 0 heterocycles. The van der Waals surface area contributed by atoms with Gasteiger partial charge in [0.05, 0.1) is 17.7 Å². The van der Waals surface area contributed by atoms with Crippen LogP contribution >= 0.6 is 0 Å². The lowest BCUT2D eigenvalue weighted by molar-refractivity contribution is 0.0136. The molecule has 32 heavy (non-hydrogen) atoms. The van der Waals surface area contributed by atoms with Gasteiger partial charge < -0.3 is 20.3 Å². The van der Waals surface area contributed by atoms with E-state index in [9.17, 15) is 15.0 Å². The molecule has 0 aliphatic heterocycles. The highest BCUT2D eigenvalue weighted by atomic mass is 16.5.